The Morgan fingerprint density at radius 2 is 2.09 bits per heavy atom. The summed E-state index contributed by atoms with van der Waals surface area (Å²) in [6, 6.07) is 9.56. The van der Waals surface area contributed by atoms with E-state index in [-0.39, 0.29) is 18.3 Å². The number of amides is 1. The molecule has 0 aliphatic heterocycles. The van der Waals surface area contributed by atoms with Gasteiger partial charge in [0.25, 0.3) is 5.91 Å². The van der Waals surface area contributed by atoms with Gasteiger partial charge >= 0.3 is 0 Å². The third-order valence-corrected chi connectivity index (χ3v) is 4.10. The summed E-state index contributed by atoms with van der Waals surface area (Å²) in [5.41, 5.74) is 2.40. The lowest BCUT2D eigenvalue weighted by molar-refractivity contribution is -0.123. The van der Waals surface area contributed by atoms with Gasteiger partial charge in [0.1, 0.15) is 11.6 Å². The zero-order chi connectivity index (χ0) is 16.5. The standard InChI is InChI=1S/C17H19FN2O2S/c1-2-3-4-15-9-10-16(23-15)11-19-20-17(21)12-22-14-7-5-13(18)6-8-14/h5-11H,2-4,12H2,1H3,(H,20,21)/b19-11-. The summed E-state index contributed by atoms with van der Waals surface area (Å²) < 4.78 is 18.0. The van der Waals surface area contributed by atoms with Crippen molar-refractivity contribution in [1.29, 1.82) is 0 Å². The molecule has 6 heteroatoms. The number of hydrogen-bond donors (Lipinski definition) is 1. The van der Waals surface area contributed by atoms with Crippen molar-refractivity contribution >= 4 is 23.5 Å². The van der Waals surface area contributed by atoms with Gasteiger partial charge in [-0.2, -0.15) is 5.10 Å². The largest absolute Gasteiger partial charge is 0.484 e. The smallest absolute Gasteiger partial charge is 0.277 e. The summed E-state index contributed by atoms with van der Waals surface area (Å²) >= 11 is 1.67. The van der Waals surface area contributed by atoms with Crippen molar-refractivity contribution in [2.75, 3.05) is 6.61 Å². The highest BCUT2D eigenvalue weighted by atomic mass is 32.1. The van der Waals surface area contributed by atoms with E-state index in [0.29, 0.717) is 5.75 Å². The lowest BCUT2D eigenvalue weighted by Gasteiger charge is -2.04. The monoisotopic (exact) mass is 334 g/mol. The van der Waals surface area contributed by atoms with E-state index in [0.717, 1.165) is 11.3 Å². The number of carbonyl (C=O) groups excluding carboxylic acids is 1. The molecule has 0 saturated heterocycles. The molecule has 0 bridgehead atoms. The molecule has 0 saturated carbocycles. The van der Waals surface area contributed by atoms with Gasteiger partial charge in [0.05, 0.1) is 6.21 Å². The molecule has 2 aromatic rings. The maximum atomic E-state index is 12.7. The topological polar surface area (TPSA) is 50.7 Å². The zero-order valence-electron chi connectivity index (χ0n) is 12.9. The minimum atomic E-state index is -0.367. The second-order valence-corrected chi connectivity index (χ2v) is 6.14. The third-order valence-electron chi connectivity index (χ3n) is 3.02. The van der Waals surface area contributed by atoms with Crippen molar-refractivity contribution in [2.24, 2.45) is 5.10 Å². The average molecular weight is 334 g/mol. The fourth-order valence-electron chi connectivity index (χ4n) is 1.83. The van der Waals surface area contributed by atoms with Gasteiger partial charge in [-0.1, -0.05) is 13.3 Å². The summed E-state index contributed by atoms with van der Waals surface area (Å²) in [7, 11) is 0. The lowest BCUT2D eigenvalue weighted by atomic mass is 10.2. The van der Waals surface area contributed by atoms with Crippen LogP contribution in [0.5, 0.6) is 5.75 Å². The van der Waals surface area contributed by atoms with Crippen LogP contribution in [-0.4, -0.2) is 18.7 Å². The molecule has 0 spiro atoms. The number of unbranched alkanes of at least 4 members (excludes halogenated alkanes) is 1. The molecule has 1 heterocycles. The van der Waals surface area contributed by atoms with Crippen LogP contribution in [0.1, 0.15) is 29.5 Å². The van der Waals surface area contributed by atoms with Gasteiger partial charge in [-0.3, -0.25) is 4.79 Å². The highest BCUT2D eigenvalue weighted by Gasteiger charge is 2.02. The molecule has 122 valence electrons. The third kappa shape index (κ3) is 6.20. The van der Waals surface area contributed by atoms with Crippen LogP contribution in [0.4, 0.5) is 4.39 Å². The number of nitrogens with one attached hydrogen (secondary N) is 1. The Morgan fingerprint density at radius 1 is 1.30 bits per heavy atom. The number of carbonyl (C=O) groups is 1. The van der Waals surface area contributed by atoms with Gasteiger partial charge in [0.15, 0.2) is 6.61 Å². The molecule has 0 unspecified atom stereocenters. The molecule has 0 aliphatic rings. The Kier molecular flexibility index (Phi) is 6.75. The van der Waals surface area contributed by atoms with Crippen LogP contribution in [0.2, 0.25) is 0 Å². The minimum absolute atomic E-state index is 0.171. The molecule has 4 nitrogen and oxygen atoms in total. The van der Waals surface area contributed by atoms with Crippen molar-refractivity contribution in [3.05, 3.63) is 52.0 Å². The van der Waals surface area contributed by atoms with Crippen LogP contribution in [-0.2, 0) is 11.2 Å². The van der Waals surface area contributed by atoms with E-state index in [9.17, 15) is 9.18 Å². The highest BCUT2D eigenvalue weighted by Crippen LogP contribution is 2.16. The molecule has 1 amide bonds. The molecule has 0 aliphatic carbocycles. The van der Waals surface area contributed by atoms with E-state index in [1.807, 2.05) is 6.07 Å². The number of ether oxygens (including phenoxy) is 1. The van der Waals surface area contributed by atoms with Gasteiger partial charge in [-0.25, -0.2) is 9.82 Å². The Hall–Kier alpha value is -2.21. The van der Waals surface area contributed by atoms with Gasteiger partial charge in [-0.15, -0.1) is 11.3 Å². The number of thiophene rings is 1. The fraction of sp³-hybridized carbons (Fsp3) is 0.294. The van der Waals surface area contributed by atoms with E-state index < -0.39 is 0 Å². The Labute approximate surface area is 139 Å². The number of hydrogen-bond acceptors (Lipinski definition) is 4. The summed E-state index contributed by atoms with van der Waals surface area (Å²) in [4.78, 5) is 13.9. The second kappa shape index (κ2) is 9.05. The number of nitrogens with zero attached hydrogens (tertiary/aromatic N) is 1. The normalized spacial score (nSPS) is 10.9. The van der Waals surface area contributed by atoms with Gasteiger partial charge < -0.3 is 4.74 Å². The minimum Gasteiger partial charge on any atom is -0.484 e. The van der Waals surface area contributed by atoms with Crippen molar-refractivity contribution in [3.63, 3.8) is 0 Å². The molecule has 1 aromatic heterocycles. The van der Waals surface area contributed by atoms with Crippen LogP contribution in [0.3, 0.4) is 0 Å². The van der Waals surface area contributed by atoms with Gasteiger partial charge in [-0.05, 0) is 49.2 Å². The first kappa shape index (κ1) is 17.1. The van der Waals surface area contributed by atoms with E-state index in [4.69, 9.17) is 4.74 Å². The lowest BCUT2D eigenvalue weighted by Crippen LogP contribution is -2.24. The van der Waals surface area contributed by atoms with E-state index in [1.54, 1.807) is 17.6 Å². The van der Waals surface area contributed by atoms with E-state index >= 15 is 0 Å². The van der Waals surface area contributed by atoms with Crippen LogP contribution < -0.4 is 10.2 Å². The number of aryl methyl sites for hydroxylation is 1. The number of rotatable bonds is 8. The summed E-state index contributed by atoms with van der Waals surface area (Å²) in [6.07, 6.45) is 5.04. The predicted molar refractivity (Wildman–Crippen MR) is 90.6 cm³/mol. The second-order valence-electron chi connectivity index (χ2n) is 4.94. The summed E-state index contributed by atoms with van der Waals surface area (Å²) in [5.74, 6) is -0.279. The van der Waals surface area contributed by atoms with E-state index in [2.05, 4.69) is 23.5 Å². The summed E-state index contributed by atoms with van der Waals surface area (Å²) in [5, 5.41) is 3.91. The number of hydrazone groups is 1. The molecule has 0 atom stereocenters. The first-order chi connectivity index (χ1) is 11.2. The van der Waals surface area contributed by atoms with E-state index in [1.165, 1.54) is 42.0 Å². The molecular formula is C17H19FN2O2S. The Balaban J connectivity index is 1.73. The molecule has 0 fully saturated rings. The number of benzene rings is 1. The van der Waals surface area contributed by atoms with Crippen molar-refractivity contribution in [1.82, 2.24) is 5.43 Å². The Bertz CT molecular complexity index is 653. The summed E-state index contributed by atoms with van der Waals surface area (Å²) in [6.45, 7) is 1.99. The molecular weight excluding hydrogens is 315 g/mol. The predicted octanol–water partition coefficient (Wildman–Crippen LogP) is 3.76. The highest BCUT2D eigenvalue weighted by molar-refractivity contribution is 7.13. The molecule has 1 N–H and O–H groups in total. The average Bonchev–Trinajstić information content (AvgIpc) is 3.00. The maximum absolute atomic E-state index is 12.7. The van der Waals surface area contributed by atoms with Crippen LogP contribution in [0.15, 0.2) is 41.5 Å². The van der Waals surface area contributed by atoms with Crippen molar-refractivity contribution in [3.8, 4) is 5.75 Å². The van der Waals surface area contributed by atoms with Crippen molar-refractivity contribution < 1.29 is 13.9 Å². The first-order valence-corrected chi connectivity index (χ1v) is 8.28. The molecule has 0 radical (unpaired) electrons. The van der Waals surface area contributed by atoms with Gasteiger partial charge in [0.2, 0.25) is 0 Å². The van der Waals surface area contributed by atoms with Crippen LogP contribution in [0, 0.1) is 5.82 Å². The Morgan fingerprint density at radius 3 is 2.83 bits per heavy atom. The molecule has 2 rings (SSSR count). The fourth-order valence-corrected chi connectivity index (χ4v) is 2.76. The SMILES string of the molecule is CCCCc1ccc(/C=N\NC(=O)COc2ccc(F)cc2)s1. The molecule has 23 heavy (non-hydrogen) atoms. The van der Waals surface area contributed by atoms with Crippen LogP contribution >= 0.6 is 11.3 Å². The first-order valence-electron chi connectivity index (χ1n) is 7.46. The van der Waals surface area contributed by atoms with Crippen LogP contribution in [0.25, 0.3) is 0 Å². The maximum Gasteiger partial charge on any atom is 0.277 e. The van der Waals surface area contributed by atoms with Gasteiger partial charge in [0, 0.05) is 9.75 Å². The van der Waals surface area contributed by atoms with Crippen molar-refractivity contribution in [2.45, 2.75) is 26.2 Å². The quantitative estimate of drug-likeness (QED) is 0.590. The zero-order valence-corrected chi connectivity index (χ0v) is 13.7. The molecule has 1 aromatic carbocycles. The number of halogens is 1.